The summed E-state index contributed by atoms with van der Waals surface area (Å²) < 4.78 is 10.9. The van der Waals surface area contributed by atoms with Crippen molar-refractivity contribution < 1.29 is 18.7 Å². The zero-order valence-electron chi connectivity index (χ0n) is 17.9. The Kier molecular flexibility index (Phi) is 7.12. The number of carbonyl (C=O) groups is 2. The van der Waals surface area contributed by atoms with E-state index in [9.17, 15) is 9.59 Å². The van der Waals surface area contributed by atoms with Gasteiger partial charge in [-0.2, -0.15) is 0 Å². The number of anilines is 2. The summed E-state index contributed by atoms with van der Waals surface area (Å²) in [5, 5.41) is 5.37. The minimum Gasteiger partial charge on any atom is -0.459 e. The van der Waals surface area contributed by atoms with Gasteiger partial charge >= 0.3 is 0 Å². The molecule has 0 aliphatic rings. The predicted octanol–water partition coefficient (Wildman–Crippen LogP) is 6.44. The summed E-state index contributed by atoms with van der Waals surface area (Å²) >= 11 is 1.40. The molecule has 2 amide bonds. The molecule has 0 bridgehead atoms. The van der Waals surface area contributed by atoms with Crippen LogP contribution in [0.3, 0.4) is 0 Å². The Morgan fingerprint density at radius 1 is 0.818 bits per heavy atom. The maximum Gasteiger partial charge on any atom is 0.291 e. The Hall–Kier alpha value is -3.97. The Balaban J connectivity index is 1.31. The van der Waals surface area contributed by atoms with Crippen LogP contribution in [0.1, 0.15) is 17.5 Å². The Morgan fingerprint density at radius 2 is 1.58 bits per heavy atom. The summed E-state index contributed by atoms with van der Waals surface area (Å²) in [5.41, 5.74) is 1.32. The van der Waals surface area contributed by atoms with Crippen molar-refractivity contribution in [3.8, 4) is 11.5 Å². The molecule has 4 rings (SSSR count). The van der Waals surface area contributed by atoms with Crippen molar-refractivity contribution in [3.63, 3.8) is 0 Å². The van der Waals surface area contributed by atoms with Crippen molar-refractivity contribution in [3.05, 3.63) is 103 Å². The van der Waals surface area contributed by atoms with Crippen LogP contribution in [0.15, 0.2) is 107 Å². The summed E-state index contributed by atoms with van der Waals surface area (Å²) in [6.07, 6.45) is 1.45. The molecule has 1 aromatic heterocycles. The summed E-state index contributed by atoms with van der Waals surface area (Å²) in [6.45, 7) is 1.83. The first-order valence-corrected chi connectivity index (χ1v) is 11.2. The third kappa shape index (κ3) is 6.27. The van der Waals surface area contributed by atoms with Crippen LogP contribution in [0.25, 0.3) is 0 Å². The van der Waals surface area contributed by atoms with Gasteiger partial charge in [0.1, 0.15) is 11.5 Å². The number of hydrogen-bond acceptors (Lipinski definition) is 5. The molecule has 0 aliphatic carbocycles. The third-order valence-electron chi connectivity index (χ3n) is 4.62. The van der Waals surface area contributed by atoms with Gasteiger partial charge in [0.05, 0.1) is 11.5 Å². The Labute approximate surface area is 196 Å². The van der Waals surface area contributed by atoms with E-state index in [0.29, 0.717) is 17.1 Å². The lowest BCUT2D eigenvalue weighted by molar-refractivity contribution is -0.115. The first-order valence-electron chi connectivity index (χ1n) is 10.3. The molecule has 6 nitrogen and oxygen atoms in total. The van der Waals surface area contributed by atoms with Crippen LogP contribution in [0.5, 0.6) is 11.5 Å². The van der Waals surface area contributed by atoms with Gasteiger partial charge in [-0.1, -0.05) is 24.3 Å². The van der Waals surface area contributed by atoms with Gasteiger partial charge in [-0.15, -0.1) is 11.8 Å². The molecule has 0 spiro atoms. The molecule has 2 N–H and O–H groups in total. The number of ether oxygens (including phenoxy) is 1. The molecule has 33 heavy (non-hydrogen) atoms. The van der Waals surface area contributed by atoms with E-state index in [-0.39, 0.29) is 22.8 Å². The van der Waals surface area contributed by atoms with Crippen molar-refractivity contribution >= 4 is 35.0 Å². The van der Waals surface area contributed by atoms with Crippen molar-refractivity contribution in [1.29, 1.82) is 0 Å². The topological polar surface area (TPSA) is 80.6 Å². The molecule has 4 aromatic rings. The fourth-order valence-electron chi connectivity index (χ4n) is 2.98. The highest BCUT2D eigenvalue weighted by molar-refractivity contribution is 8.00. The van der Waals surface area contributed by atoms with Crippen LogP contribution in [0.4, 0.5) is 11.4 Å². The molecule has 0 fully saturated rings. The predicted molar refractivity (Wildman–Crippen MR) is 130 cm³/mol. The van der Waals surface area contributed by atoms with E-state index in [2.05, 4.69) is 10.6 Å². The lowest BCUT2D eigenvalue weighted by Crippen LogP contribution is -2.22. The number of para-hydroxylation sites is 1. The summed E-state index contributed by atoms with van der Waals surface area (Å²) in [5.74, 6) is 1.23. The van der Waals surface area contributed by atoms with Gasteiger partial charge in [-0.05, 0) is 73.7 Å². The van der Waals surface area contributed by atoms with Crippen LogP contribution in [-0.2, 0) is 4.79 Å². The molecule has 1 atom stereocenters. The molecule has 7 heteroatoms. The van der Waals surface area contributed by atoms with Gasteiger partial charge in [0.15, 0.2) is 5.76 Å². The number of hydrogen-bond donors (Lipinski definition) is 2. The van der Waals surface area contributed by atoms with E-state index < -0.39 is 0 Å². The van der Waals surface area contributed by atoms with Crippen molar-refractivity contribution in [2.75, 3.05) is 10.6 Å². The second-order valence-electron chi connectivity index (χ2n) is 7.15. The number of carbonyl (C=O) groups excluding carboxylic acids is 2. The van der Waals surface area contributed by atoms with Crippen molar-refractivity contribution in [1.82, 2.24) is 0 Å². The SMILES string of the molecule is CC(Sc1cccc(NC(=O)c2ccco2)c1)C(=O)Nc1ccc(Oc2ccccc2)cc1. The standard InChI is InChI=1S/C26H22N2O4S/c1-18(33-23-10-5-7-20(17-23)28-26(30)24-11-6-16-31-24)25(29)27-19-12-14-22(15-13-19)32-21-8-3-2-4-9-21/h2-18H,1H3,(H,27,29)(H,28,30). The summed E-state index contributed by atoms with van der Waals surface area (Å²) in [7, 11) is 0. The van der Waals surface area contributed by atoms with Gasteiger partial charge in [0, 0.05) is 16.3 Å². The van der Waals surface area contributed by atoms with E-state index in [1.807, 2.05) is 67.6 Å². The number of nitrogens with one attached hydrogen (secondary N) is 2. The zero-order valence-corrected chi connectivity index (χ0v) is 18.7. The van der Waals surface area contributed by atoms with Crippen LogP contribution < -0.4 is 15.4 Å². The van der Waals surface area contributed by atoms with Gasteiger partial charge < -0.3 is 19.8 Å². The largest absolute Gasteiger partial charge is 0.459 e. The molecule has 0 saturated heterocycles. The summed E-state index contributed by atoms with van der Waals surface area (Å²) in [6, 6.07) is 27.3. The van der Waals surface area contributed by atoms with Crippen molar-refractivity contribution in [2.45, 2.75) is 17.1 Å². The van der Waals surface area contributed by atoms with E-state index in [4.69, 9.17) is 9.15 Å². The molecule has 166 valence electrons. The van der Waals surface area contributed by atoms with Crippen LogP contribution in [-0.4, -0.2) is 17.1 Å². The highest BCUT2D eigenvalue weighted by Gasteiger charge is 2.16. The van der Waals surface area contributed by atoms with E-state index in [1.54, 1.807) is 30.3 Å². The second-order valence-corrected chi connectivity index (χ2v) is 8.56. The molecule has 1 unspecified atom stereocenters. The van der Waals surface area contributed by atoms with E-state index in [1.165, 1.54) is 18.0 Å². The average Bonchev–Trinajstić information content (AvgIpc) is 3.37. The molecule has 0 radical (unpaired) electrons. The van der Waals surface area contributed by atoms with Gasteiger partial charge in [-0.25, -0.2) is 0 Å². The third-order valence-corrected chi connectivity index (χ3v) is 5.71. The van der Waals surface area contributed by atoms with Crippen LogP contribution >= 0.6 is 11.8 Å². The quantitative estimate of drug-likeness (QED) is 0.297. The van der Waals surface area contributed by atoms with Gasteiger partial charge in [0.2, 0.25) is 5.91 Å². The highest BCUT2D eigenvalue weighted by Crippen LogP contribution is 2.28. The fraction of sp³-hybridized carbons (Fsp3) is 0.0769. The maximum atomic E-state index is 12.7. The Bertz CT molecular complexity index is 1210. The second kappa shape index (κ2) is 10.6. The smallest absolute Gasteiger partial charge is 0.291 e. The van der Waals surface area contributed by atoms with E-state index in [0.717, 1.165) is 10.6 Å². The monoisotopic (exact) mass is 458 g/mol. The molecular formula is C26H22N2O4S. The van der Waals surface area contributed by atoms with Crippen LogP contribution in [0.2, 0.25) is 0 Å². The zero-order chi connectivity index (χ0) is 23.0. The minimum atomic E-state index is -0.346. The highest BCUT2D eigenvalue weighted by atomic mass is 32.2. The average molecular weight is 459 g/mol. The lowest BCUT2D eigenvalue weighted by atomic mass is 10.3. The summed E-state index contributed by atoms with van der Waals surface area (Å²) in [4.78, 5) is 25.7. The number of rotatable bonds is 8. The molecule has 1 heterocycles. The first-order chi connectivity index (χ1) is 16.1. The van der Waals surface area contributed by atoms with Gasteiger partial charge in [-0.3, -0.25) is 9.59 Å². The van der Waals surface area contributed by atoms with E-state index >= 15 is 0 Å². The lowest BCUT2D eigenvalue weighted by Gasteiger charge is -2.13. The molecule has 0 aliphatic heterocycles. The number of furan rings is 1. The number of thioether (sulfide) groups is 1. The number of amides is 2. The minimum absolute atomic E-state index is 0.123. The molecule has 0 saturated carbocycles. The number of benzene rings is 3. The molecule has 3 aromatic carbocycles. The van der Waals surface area contributed by atoms with Crippen molar-refractivity contribution in [2.24, 2.45) is 0 Å². The fourth-order valence-corrected chi connectivity index (χ4v) is 3.91. The normalized spacial score (nSPS) is 11.4. The maximum absolute atomic E-state index is 12.7. The Morgan fingerprint density at radius 3 is 2.30 bits per heavy atom. The van der Waals surface area contributed by atoms with Gasteiger partial charge in [0.25, 0.3) is 5.91 Å². The first kappa shape index (κ1) is 22.2. The van der Waals surface area contributed by atoms with Crippen LogP contribution in [0, 0.1) is 0 Å². The molecular weight excluding hydrogens is 436 g/mol.